The number of tetrazole rings is 1. The van der Waals surface area contributed by atoms with E-state index in [-0.39, 0.29) is 12.5 Å². The lowest BCUT2D eigenvalue weighted by Crippen LogP contribution is -2.20. The van der Waals surface area contributed by atoms with E-state index >= 15 is 0 Å². The summed E-state index contributed by atoms with van der Waals surface area (Å²) < 4.78 is 2.01. The molecule has 0 unspecified atom stereocenters. The summed E-state index contributed by atoms with van der Waals surface area (Å²) in [5.74, 6) is 0.991. The highest BCUT2D eigenvalue weighted by Gasteiger charge is 2.28. The normalized spacial score (nSPS) is 13.8. The van der Waals surface area contributed by atoms with Gasteiger partial charge in [0, 0.05) is 23.0 Å². The summed E-state index contributed by atoms with van der Waals surface area (Å²) in [7, 11) is 0. The van der Waals surface area contributed by atoms with Crippen molar-refractivity contribution in [2.45, 2.75) is 39.2 Å². The van der Waals surface area contributed by atoms with Gasteiger partial charge in [0.15, 0.2) is 5.82 Å². The van der Waals surface area contributed by atoms with Gasteiger partial charge < -0.3 is 9.88 Å². The van der Waals surface area contributed by atoms with Crippen molar-refractivity contribution in [3.8, 4) is 5.69 Å². The van der Waals surface area contributed by atoms with Crippen molar-refractivity contribution in [2.75, 3.05) is 5.32 Å². The number of hydrogen-bond acceptors (Lipinski definition) is 5. The number of nitrogens with one attached hydrogen (secondary N) is 1. The minimum Gasteiger partial charge on any atom is -0.324 e. The third-order valence-electron chi connectivity index (χ3n) is 4.38. The maximum Gasteiger partial charge on any atom is 0.248 e. The molecule has 1 fully saturated rings. The van der Waals surface area contributed by atoms with Crippen LogP contribution < -0.4 is 5.32 Å². The van der Waals surface area contributed by atoms with E-state index in [4.69, 9.17) is 0 Å². The zero-order chi connectivity index (χ0) is 17.4. The van der Waals surface area contributed by atoms with Crippen molar-refractivity contribution in [1.29, 1.82) is 0 Å². The predicted octanol–water partition coefficient (Wildman–Crippen LogP) is 1.99. The summed E-state index contributed by atoms with van der Waals surface area (Å²) in [5, 5.41) is 15.0. The van der Waals surface area contributed by atoms with Crippen molar-refractivity contribution in [2.24, 2.45) is 0 Å². The number of nitrogens with zero attached hydrogens (tertiary/aromatic N) is 6. The Morgan fingerprint density at radius 1 is 1.24 bits per heavy atom. The highest BCUT2D eigenvalue weighted by Crippen LogP contribution is 2.37. The summed E-state index contributed by atoms with van der Waals surface area (Å²) in [5.41, 5.74) is 3.83. The van der Waals surface area contributed by atoms with Crippen LogP contribution in [0, 0.1) is 13.8 Å². The number of carbonyl (C=O) groups excluding carboxylic acids is 1. The zero-order valence-corrected chi connectivity index (χ0v) is 14.2. The van der Waals surface area contributed by atoms with Gasteiger partial charge in [-0.3, -0.25) is 4.79 Å². The van der Waals surface area contributed by atoms with Gasteiger partial charge in [-0.15, -0.1) is 10.2 Å². The van der Waals surface area contributed by atoms with Crippen LogP contribution in [0.4, 0.5) is 5.69 Å². The van der Waals surface area contributed by atoms with Gasteiger partial charge >= 0.3 is 0 Å². The Labute approximate surface area is 144 Å². The Balaban J connectivity index is 1.40. The van der Waals surface area contributed by atoms with E-state index < -0.39 is 0 Å². The molecule has 1 amide bonds. The number of amides is 1. The zero-order valence-electron chi connectivity index (χ0n) is 14.2. The molecule has 8 heteroatoms. The number of imidazole rings is 1. The summed E-state index contributed by atoms with van der Waals surface area (Å²) in [6.07, 6.45) is 4.02. The Morgan fingerprint density at radius 3 is 2.64 bits per heavy atom. The standard InChI is InChI=1S/C17H19N7O/c1-11-12(2)23(10-18-11)15-7-5-14(6-8-15)19-16(25)9-24-21-17(20-22-24)13-3-4-13/h5-8,10,13H,3-4,9H2,1-2H3,(H,19,25). The van der Waals surface area contributed by atoms with Crippen LogP contribution in [0.5, 0.6) is 0 Å². The largest absolute Gasteiger partial charge is 0.324 e. The van der Waals surface area contributed by atoms with Gasteiger partial charge in [0.1, 0.15) is 6.54 Å². The lowest BCUT2D eigenvalue weighted by atomic mass is 10.2. The van der Waals surface area contributed by atoms with Crippen LogP contribution in [-0.2, 0) is 11.3 Å². The second-order valence-corrected chi connectivity index (χ2v) is 6.33. The molecule has 0 aliphatic heterocycles. The van der Waals surface area contributed by atoms with Gasteiger partial charge in [0.25, 0.3) is 0 Å². The first-order valence-corrected chi connectivity index (χ1v) is 8.28. The third-order valence-corrected chi connectivity index (χ3v) is 4.38. The molecule has 1 N–H and O–H groups in total. The topological polar surface area (TPSA) is 90.5 Å². The number of carbonyl (C=O) groups is 1. The van der Waals surface area contributed by atoms with Gasteiger partial charge in [0.2, 0.25) is 5.91 Å². The Hall–Kier alpha value is -3.03. The average molecular weight is 337 g/mol. The molecule has 0 atom stereocenters. The fraction of sp³-hybridized carbons (Fsp3) is 0.353. The second kappa shape index (κ2) is 6.12. The van der Waals surface area contributed by atoms with Gasteiger partial charge in [-0.2, -0.15) is 4.80 Å². The first kappa shape index (κ1) is 15.5. The van der Waals surface area contributed by atoms with Crippen LogP contribution in [0.25, 0.3) is 5.69 Å². The fourth-order valence-corrected chi connectivity index (χ4v) is 2.62. The SMILES string of the molecule is Cc1ncn(-c2ccc(NC(=O)Cn3nnc(C4CC4)n3)cc2)c1C. The fourth-order valence-electron chi connectivity index (χ4n) is 2.62. The predicted molar refractivity (Wildman–Crippen MR) is 91.5 cm³/mol. The molecular formula is C17H19N7O. The van der Waals surface area contributed by atoms with E-state index in [1.807, 2.05) is 42.7 Å². The number of rotatable bonds is 5. The lowest BCUT2D eigenvalue weighted by molar-refractivity contribution is -0.117. The van der Waals surface area contributed by atoms with Gasteiger partial charge in [-0.1, -0.05) is 0 Å². The van der Waals surface area contributed by atoms with E-state index in [2.05, 4.69) is 25.7 Å². The monoisotopic (exact) mass is 337 g/mol. The first-order valence-electron chi connectivity index (χ1n) is 8.28. The molecule has 1 aliphatic rings. The molecule has 128 valence electrons. The molecular weight excluding hydrogens is 318 g/mol. The average Bonchev–Trinajstić information content (AvgIpc) is 3.27. The molecule has 2 aromatic heterocycles. The van der Waals surface area contributed by atoms with Crippen molar-refractivity contribution in [1.82, 2.24) is 29.8 Å². The summed E-state index contributed by atoms with van der Waals surface area (Å²) >= 11 is 0. The van der Waals surface area contributed by atoms with Crippen molar-refractivity contribution < 1.29 is 4.79 Å². The molecule has 1 aliphatic carbocycles. The number of aryl methyl sites for hydroxylation is 1. The molecule has 0 bridgehead atoms. The van der Waals surface area contributed by atoms with Crippen LogP contribution in [0.1, 0.15) is 36.0 Å². The molecule has 4 rings (SSSR count). The molecule has 25 heavy (non-hydrogen) atoms. The van der Waals surface area contributed by atoms with Crippen molar-refractivity contribution >= 4 is 11.6 Å². The molecule has 0 radical (unpaired) electrons. The van der Waals surface area contributed by atoms with Gasteiger partial charge in [-0.05, 0) is 56.2 Å². The van der Waals surface area contributed by atoms with Gasteiger partial charge in [0.05, 0.1) is 12.0 Å². The first-order chi connectivity index (χ1) is 12.1. The third kappa shape index (κ3) is 3.28. The molecule has 2 heterocycles. The van der Waals surface area contributed by atoms with Crippen molar-refractivity contribution in [3.05, 3.63) is 47.8 Å². The number of aromatic nitrogens is 6. The summed E-state index contributed by atoms with van der Waals surface area (Å²) in [6, 6.07) is 7.63. The smallest absolute Gasteiger partial charge is 0.248 e. The lowest BCUT2D eigenvalue weighted by Gasteiger charge is -2.08. The van der Waals surface area contributed by atoms with E-state index in [1.165, 1.54) is 4.80 Å². The van der Waals surface area contributed by atoms with Crippen molar-refractivity contribution in [3.63, 3.8) is 0 Å². The second-order valence-electron chi connectivity index (χ2n) is 6.33. The maximum absolute atomic E-state index is 12.1. The quantitative estimate of drug-likeness (QED) is 0.769. The van der Waals surface area contributed by atoms with E-state index in [9.17, 15) is 4.79 Å². The summed E-state index contributed by atoms with van der Waals surface area (Å²) in [4.78, 5) is 17.8. The molecule has 0 spiro atoms. The number of anilines is 1. The Bertz CT molecular complexity index is 905. The van der Waals surface area contributed by atoms with Crippen LogP contribution in [0.2, 0.25) is 0 Å². The minimum absolute atomic E-state index is 0.0568. The van der Waals surface area contributed by atoms with E-state index in [0.717, 1.165) is 41.4 Å². The number of benzene rings is 1. The van der Waals surface area contributed by atoms with E-state index in [0.29, 0.717) is 5.92 Å². The van der Waals surface area contributed by atoms with Crippen LogP contribution >= 0.6 is 0 Å². The van der Waals surface area contributed by atoms with Crippen LogP contribution in [0.3, 0.4) is 0 Å². The highest BCUT2D eigenvalue weighted by molar-refractivity contribution is 5.90. The Kier molecular flexibility index (Phi) is 3.79. The highest BCUT2D eigenvalue weighted by atomic mass is 16.2. The molecule has 3 aromatic rings. The maximum atomic E-state index is 12.1. The minimum atomic E-state index is -0.179. The molecule has 8 nitrogen and oxygen atoms in total. The molecule has 0 saturated heterocycles. The molecule has 1 saturated carbocycles. The van der Waals surface area contributed by atoms with Crippen LogP contribution in [-0.4, -0.2) is 35.7 Å². The van der Waals surface area contributed by atoms with Gasteiger partial charge in [-0.25, -0.2) is 4.98 Å². The van der Waals surface area contributed by atoms with E-state index in [1.54, 1.807) is 6.33 Å². The molecule has 1 aromatic carbocycles. The Morgan fingerprint density at radius 2 is 2.00 bits per heavy atom. The summed E-state index contributed by atoms with van der Waals surface area (Å²) in [6.45, 7) is 4.06. The number of hydrogen-bond donors (Lipinski definition) is 1. The van der Waals surface area contributed by atoms with Crippen LogP contribution in [0.15, 0.2) is 30.6 Å².